The average molecular weight is 260 g/mol. The number of hydrogen-bond acceptors (Lipinski definition) is 4. The van der Waals surface area contributed by atoms with E-state index in [4.69, 9.17) is 0 Å². The van der Waals surface area contributed by atoms with Gasteiger partial charge in [-0.25, -0.2) is 9.97 Å². The molecule has 4 heteroatoms. The van der Waals surface area contributed by atoms with E-state index in [2.05, 4.69) is 33.6 Å². The van der Waals surface area contributed by atoms with Crippen LogP contribution in [-0.4, -0.2) is 23.1 Å². The first kappa shape index (κ1) is 13.8. The van der Waals surface area contributed by atoms with E-state index in [9.17, 15) is 0 Å². The Morgan fingerprint density at radius 3 is 2.58 bits per heavy atom. The molecule has 0 saturated carbocycles. The zero-order valence-electron chi connectivity index (χ0n) is 11.8. The van der Waals surface area contributed by atoms with Gasteiger partial charge in [-0.05, 0) is 38.5 Å². The predicted octanol–water partition coefficient (Wildman–Crippen LogP) is 3.60. The van der Waals surface area contributed by atoms with Crippen molar-refractivity contribution in [3.8, 4) is 0 Å². The van der Waals surface area contributed by atoms with Crippen molar-refractivity contribution < 1.29 is 0 Å². The van der Waals surface area contributed by atoms with E-state index in [1.807, 2.05) is 6.07 Å². The minimum absolute atomic E-state index is 0.899. The topological polar surface area (TPSA) is 49.8 Å². The van der Waals surface area contributed by atoms with E-state index in [1.54, 1.807) is 11.9 Å². The summed E-state index contributed by atoms with van der Waals surface area (Å²) in [7, 11) is 0. The fourth-order valence-electron chi connectivity index (χ4n) is 2.29. The fraction of sp³-hybridized carbons (Fsp3) is 0.600. The summed E-state index contributed by atoms with van der Waals surface area (Å²) in [6, 6.07) is 1.98. The van der Waals surface area contributed by atoms with Crippen molar-refractivity contribution in [2.75, 3.05) is 23.7 Å². The van der Waals surface area contributed by atoms with Gasteiger partial charge in [-0.3, -0.25) is 0 Å². The predicted molar refractivity (Wildman–Crippen MR) is 80.5 cm³/mol. The molecule has 1 aromatic rings. The van der Waals surface area contributed by atoms with Gasteiger partial charge in [0.05, 0.1) is 0 Å². The van der Waals surface area contributed by atoms with E-state index >= 15 is 0 Å². The van der Waals surface area contributed by atoms with Crippen LogP contribution in [0.15, 0.2) is 24.0 Å². The number of rotatable bonds is 7. The maximum Gasteiger partial charge on any atom is 0.131 e. The van der Waals surface area contributed by atoms with Crippen molar-refractivity contribution in [1.29, 1.82) is 0 Å². The second-order valence-electron chi connectivity index (χ2n) is 5.00. The molecular formula is C15H24N4. The Bertz CT molecular complexity index is 414. The Morgan fingerprint density at radius 1 is 1.11 bits per heavy atom. The SMILES string of the molecule is CCCNc1cc(NCCC2=CCCCC2)ncn1. The Balaban J connectivity index is 1.77. The van der Waals surface area contributed by atoms with Crippen LogP contribution in [0.3, 0.4) is 0 Å². The highest BCUT2D eigenvalue weighted by Crippen LogP contribution is 2.20. The van der Waals surface area contributed by atoms with Gasteiger partial charge in [0.25, 0.3) is 0 Å². The first-order valence-electron chi connectivity index (χ1n) is 7.36. The molecule has 2 rings (SSSR count). The largest absolute Gasteiger partial charge is 0.370 e. The molecule has 0 fully saturated rings. The van der Waals surface area contributed by atoms with Crippen molar-refractivity contribution >= 4 is 11.6 Å². The molecule has 0 saturated heterocycles. The summed E-state index contributed by atoms with van der Waals surface area (Å²) in [4.78, 5) is 8.45. The van der Waals surface area contributed by atoms with E-state index in [0.29, 0.717) is 0 Å². The number of nitrogens with one attached hydrogen (secondary N) is 2. The minimum Gasteiger partial charge on any atom is -0.370 e. The monoisotopic (exact) mass is 260 g/mol. The van der Waals surface area contributed by atoms with E-state index in [1.165, 1.54) is 25.7 Å². The second kappa shape index (κ2) is 7.77. The van der Waals surface area contributed by atoms with Crippen molar-refractivity contribution in [3.05, 3.63) is 24.0 Å². The molecule has 19 heavy (non-hydrogen) atoms. The smallest absolute Gasteiger partial charge is 0.131 e. The summed E-state index contributed by atoms with van der Waals surface area (Å²) in [5.41, 5.74) is 1.59. The molecule has 0 spiro atoms. The molecule has 1 aliphatic rings. The fourth-order valence-corrected chi connectivity index (χ4v) is 2.29. The molecule has 0 atom stereocenters. The Hall–Kier alpha value is -1.58. The molecule has 4 nitrogen and oxygen atoms in total. The highest BCUT2D eigenvalue weighted by Gasteiger charge is 2.03. The molecule has 0 radical (unpaired) electrons. The van der Waals surface area contributed by atoms with Crippen LogP contribution < -0.4 is 10.6 Å². The van der Waals surface area contributed by atoms with Gasteiger partial charge < -0.3 is 10.6 Å². The number of hydrogen-bond donors (Lipinski definition) is 2. The van der Waals surface area contributed by atoms with Gasteiger partial charge in [0, 0.05) is 19.2 Å². The number of nitrogens with zero attached hydrogens (tertiary/aromatic N) is 2. The third-order valence-corrected chi connectivity index (χ3v) is 3.36. The quantitative estimate of drug-likeness (QED) is 0.735. The molecule has 0 unspecified atom stereocenters. The van der Waals surface area contributed by atoms with E-state index in [-0.39, 0.29) is 0 Å². The van der Waals surface area contributed by atoms with Gasteiger partial charge in [-0.1, -0.05) is 18.6 Å². The minimum atomic E-state index is 0.899. The third kappa shape index (κ3) is 4.89. The third-order valence-electron chi connectivity index (χ3n) is 3.36. The van der Waals surface area contributed by atoms with Crippen LogP contribution >= 0.6 is 0 Å². The van der Waals surface area contributed by atoms with Crippen molar-refractivity contribution in [1.82, 2.24) is 9.97 Å². The van der Waals surface area contributed by atoms with Gasteiger partial charge in [-0.2, -0.15) is 0 Å². The Morgan fingerprint density at radius 2 is 1.89 bits per heavy atom. The van der Waals surface area contributed by atoms with Crippen molar-refractivity contribution in [2.24, 2.45) is 0 Å². The second-order valence-corrected chi connectivity index (χ2v) is 5.00. The zero-order valence-corrected chi connectivity index (χ0v) is 11.8. The van der Waals surface area contributed by atoms with Gasteiger partial charge in [0.2, 0.25) is 0 Å². The highest BCUT2D eigenvalue weighted by atomic mass is 15.1. The molecule has 0 aromatic carbocycles. The molecular weight excluding hydrogens is 236 g/mol. The van der Waals surface area contributed by atoms with Crippen LogP contribution in [0, 0.1) is 0 Å². The molecule has 1 aliphatic carbocycles. The maximum absolute atomic E-state index is 4.25. The standard InChI is InChI=1S/C15H24N4/c1-2-9-16-14-11-15(19-12-18-14)17-10-8-13-6-4-3-5-7-13/h6,11-12H,2-5,7-10H2,1H3,(H2,16,17,18,19). The first-order chi connectivity index (χ1) is 9.38. The highest BCUT2D eigenvalue weighted by molar-refractivity contribution is 5.46. The normalized spacial score (nSPS) is 14.9. The summed E-state index contributed by atoms with van der Waals surface area (Å²) in [5, 5.41) is 6.65. The summed E-state index contributed by atoms with van der Waals surface area (Å²) in [5.74, 6) is 1.81. The van der Waals surface area contributed by atoms with Crippen LogP contribution in [0.5, 0.6) is 0 Å². The molecule has 1 heterocycles. The lowest BCUT2D eigenvalue weighted by atomic mass is 9.97. The molecule has 0 bridgehead atoms. The van der Waals surface area contributed by atoms with Gasteiger partial charge in [-0.15, -0.1) is 0 Å². The molecule has 2 N–H and O–H groups in total. The van der Waals surface area contributed by atoms with Gasteiger partial charge in [0.15, 0.2) is 0 Å². The van der Waals surface area contributed by atoms with Crippen LogP contribution in [0.25, 0.3) is 0 Å². The van der Waals surface area contributed by atoms with E-state index < -0.39 is 0 Å². The van der Waals surface area contributed by atoms with Crippen LogP contribution in [0.2, 0.25) is 0 Å². The maximum atomic E-state index is 4.25. The summed E-state index contributed by atoms with van der Waals surface area (Å²) >= 11 is 0. The summed E-state index contributed by atoms with van der Waals surface area (Å²) in [6.45, 7) is 4.05. The average Bonchev–Trinajstić information content (AvgIpc) is 2.47. The Labute approximate surface area is 115 Å². The van der Waals surface area contributed by atoms with Crippen molar-refractivity contribution in [2.45, 2.75) is 45.4 Å². The van der Waals surface area contributed by atoms with Crippen molar-refractivity contribution in [3.63, 3.8) is 0 Å². The summed E-state index contributed by atoms with van der Waals surface area (Å²) < 4.78 is 0. The van der Waals surface area contributed by atoms with E-state index in [0.717, 1.165) is 37.6 Å². The van der Waals surface area contributed by atoms with Crippen LogP contribution in [0.1, 0.15) is 45.4 Å². The lowest BCUT2D eigenvalue weighted by Crippen LogP contribution is -2.07. The lowest BCUT2D eigenvalue weighted by Gasteiger charge is -2.13. The molecule has 0 aliphatic heterocycles. The summed E-state index contributed by atoms with van der Waals surface area (Å²) in [6.07, 6.45) is 11.5. The molecule has 0 amide bonds. The first-order valence-corrected chi connectivity index (χ1v) is 7.36. The van der Waals surface area contributed by atoms with Crippen LogP contribution in [0.4, 0.5) is 11.6 Å². The van der Waals surface area contributed by atoms with Gasteiger partial charge >= 0.3 is 0 Å². The Kier molecular flexibility index (Phi) is 5.66. The number of anilines is 2. The molecule has 104 valence electrons. The number of allylic oxidation sites excluding steroid dienone is 1. The molecule has 1 aromatic heterocycles. The lowest BCUT2D eigenvalue weighted by molar-refractivity contribution is 0.679. The van der Waals surface area contributed by atoms with Gasteiger partial charge in [0.1, 0.15) is 18.0 Å². The zero-order chi connectivity index (χ0) is 13.3. The van der Waals surface area contributed by atoms with Crippen LogP contribution in [-0.2, 0) is 0 Å². The number of aromatic nitrogens is 2.